The van der Waals surface area contributed by atoms with Gasteiger partial charge in [-0.15, -0.1) is 0 Å². The van der Waals surface area contributed by atoms with Crippen LogP contribution in [0.25, 0.3) is 0 Å². The van der Waals surface area contributed by atoms with Gasteiger partial charge in [0.15, 0.2) is 0 Å². The molecule has 0 aliphatic carbocycles. The third kappa shape index (κ3) is 2.57. The lowest BCUT2D eigenvalue weighted by Gasteiger charge is -2.29. The predicted molar refractivity (Wildman–Crippen MR) is 59.5 cm³/mol. The fourth-order valence-corrected chi connectivity index (χ4v) is 1.99. The standard InChI is InChI=1S/C12H15N3O/c13-8-12-10(2-1-5-14-12)9-15-6-3-11(16)4-7-15/h1-2,5,11,16H,3-4,6-7,9H2. The Morgan fingerprint density at radius 1 is 1.50 bits per heavy atom. The number of rotatable bonds is 2. The van der Waals surface area contributed by atoms with Gasteiger partial charge in [0.2, 0.25) is 0 Å². The average Bonchev–Trinajstić information content (AvgIpc) is 2.33. The summed E-state index contributed by atoms with van der Waals surface area (Å²) in [7, 11) is 0. The average molecular weight is 217 g/mol. The molecule has 0 amide bonds. The molecule has 1 N–H and O–H groups in total. The highest BCUT2D eigenvalue weighted by molar-refractivity contribution is 5.30. The van der Waals surface area contributed by atoms with Gasteiger partial charge in [0, 0.05) is 31.4 Å². The van der Waals surface area contributed by atoms with Crippen LogP contribution >= 0.6 is 0 Å². The minimum absolute atomic E-state index is 0.152. The monoisotopic (exact) mass is 217 g/mol. The van der Waals surface area contributed by atoms with E-state index in [1.54, 1.807) is 6.20 Å². The summed E-state index contributed by atoms with van der Waals surface area (Å²) in [6.07, 6.45) is 3.13. The van der Waals surface area contributed by atoms with Gasteiger partial charge in [-0.3, -0.25) is 4.90 Å². The minimum atomic E-state index is -0.152. The lowest BCUT2D eigenvalue weighted by molar-refractivity contribution is 0.0791. The smallest absolute Gasteiger partial charge is 0.144 e. The minimum Gasteiger partial charge on any atom is -0.393 e. The number of likely N-dealkylation sites (tertiary alicyclic amines) is 1. The number of piperidine rings is 1. The van der Waals surface area contributed by atoms with Crippen LogP contribution in [-0.4, -0.2) is 34.2 Å². The summed E-state index contributed by atoms with van der Waals surface area (Å²) in [6, 6.07) is 5.90. The number of hydrogen-bond acceptors (Lipinski definition) is 4. The van der Waals surface area contributed by atoms with E-state index in [2.05, 4.69) is 16.0 Å². The highest BCUT2D eigenvalue weighted by Gasteiger charge is 2.17. The second-order valence-electron chi connectivity index (χ2n) is 4.13. The number of aliphatic hydroxyl groups is 1. The third-order valence-corrected chi connectivity index (χ3v) is 2.95. The van der Waals surface area contributed by atoms with Crippen molar-refractivity contribution >= 4 is 0 Å². The maximum Gasteiger partial charge on any atom is 0.144 e. The zero-order valence-corrected chi connectivity index (χ0v) is 9.13. The molecule has 4 nitrogen and oxygen atoms in total. The Balaban J connectivity index is 2.01. The van der Waals surface area contributed by atoms with Gasteiger partial charge >= 0.3 is 0 Å². The van der Waals surface area contributed by atoms with E-state index in [1.807, 2.05) is 12.1 Å². The fourth-order valence-electron chi connectivity index (χ4n) is 1.99. The summed E-state index contributed by atoms with van der Waals surface area (Å²) in [5.41, 5.74) is 1.48. The molecule has 1 saturated heterocycles. The van der Waals surface area contributed by atoms with Gasteiger partial charge in [-0.25, -0.2) is 4.98 Å². The fraction of sp³-hybridized carbons (Fsp3) is 0.500. The Labute approximate surface area is 95.1 Å². The quantitative estimate of drug-likeness (QED) is 0.800. The number of pyridine rings is 1. The topological polar surface area (TPSA) is 60.2 Å². The number of aromatic nitrogens is 1. The Bertz CT molecular complexity index is 391. The summed E-state index contributed by atoms with van der Waals surface area (Å²) >= 11 is 0. The van der Waals surface area contributed by atoms with Crippen molar-refractivity contribution in [2.24, 2.45) is 0 Å². The van der Waals surface area contributed by atoms with Crippen molar-refractivity contribution in [3.8, 4) is 6.07 Å². The number of hydrogen-bond donors (Lipinski definition) is 1. The molecular weight excluding hydrogens is 202 g/mol. The lowest BCUT2D eigenvalue weighted by atomic mass is 10.1. The van der Waals surface area contributed by atoms with Crippen LogP contribution in [0.4, 0.5) is 0 Å². The Hall–Kier alpha value is -1.44. The summed E-state index contributed by atoms with van der Waals surface area (Å²) in [6.45, 7) is 2.53. The van der Waals surface area contributed by atoms with E-state index < -0.39 is 0 Å². The van der Waals surface area contributed by atoms with Crippen LogP contribution in [0.5, 0.6) is 0 Å². The van der Waals surface area contributed by atoms with E-state index in [0.29, 0.717) is 5.69 Å². The molecule has 1 aromatic heterocycles. The number of nitrogens with zero attached hydrogens (tertiary/aromatic N) is 3. The van der Waals surface area contributed by atoms with Crippen molar-refractivity contribution in [3.63, 3.8) is 0 Å². The van der Waals surface area contributed by atoms with Crippen LogP contribution in [-0.2, 0) is 6.54 Å². The van der Waals surface area contributed by atoms with Crippen molar-refractivity contribution in [1.82, 2.24) is 9.88 Å². The Kier molecular flexibility index (Phi) is 3.50. The van der Waals surface area contributed by atoms with Gasteiger partial charge in [0.25, 0.3) is 0 Å². The van der Waals surface area contributed by atoms with Crippen LogP contribution in [0.2, 0.25) is 0 Å². The molecule has 0 unspecified atom stereocenters. The molecule has 0 spiro atoms. The zero-order valence-electron chi connectivity index (χ0n) is 9.13. The lowest BCUT2D eigenvalue weighted by Crippen LogP contribution is -2.35. The second kappa shape index (κ2) is 5.06. The molecule has 1 aromatic rings. The molecule has 1 aliphatic heterocycles. The van der Waals surface area contributed by atoms with Crippen LogP contribution in [0.15, 0.2) is 18.3 Å². The van der Waals surface area contributed by atoms with Crippen molar-refractivity contribution in [1.29, 1.82) is 5.26 Å². The molecule has 2 rings (SSSR count). The summed E-state index contributed by atoms with van der Waals surface area (Å²) < 4.78 is 0. The highest BCUT2D eigenvalue weighted by atomic mass is 16.3. The SMILES string of the molecule is N#Cc1ncccc1CN1CCC(O)CC1. The summed E-state index contributed by atoms with van der Waals surface area (Å²) in [5, 5.41) is 18.3. The molecule has 1 fully saturated rings. The molecule has 0 saturated carbocycles. The van der Waals surface area contributed by atoms with Crippen molar-refractivity contribution < 1.29 is 5.11 Å². The molecule has 84 valence electrons. The van der Waals surface area contributed by atoms with E-state index in [9.17, 15) is 5.11 Å². The van der Waals surface area contributed by atoms with E-state index >= 15 is 0 Å². The second-order valence-corrected chi connectivity index (χ2v) is 4.13. The van der Waals surface area contributed by atoms with Gasteiger partial charge < -0.3 is 5.11 Å². The highest BCUT2D eigenvalue weighted by Crippen LogP contribution is 2.14. The largest absolute Gasteiger partial charge is 0.393 e. The van der Waals surface area contributed by atoms with Crippen molar-refractivity contribution in [3.05, 3.63) is 29.6 Å². The predicted octanol–water partition coefficient (Wildman–Crippen LogP) is 0.910. The molecule has 0 atom stereocenters. The molecule has 16 heavy (non-hydrogen) atoms. The van der Waals surface area contributed by atoms with E-state index in [-0.39, 0.29) is 6.10 Å². The first-order chi connectivity index (χ1) is 7.79. The first kappa shape index (κ1) is 11.1. The van der Waals surface area contributed by atoms with Gasteiger partial charge in [-0.05, 0) is 18.9 Å². The molecular formula is C12H15N3O. The summed E-state index contributed by atoms with van der Waals surface area (Å²) in [5.74, 6) is 0. The van der Waals surface area contributed by atoms with Crippen LogP contribution in [0.3, 0.4) is 0 Å². The molecule has 0 radical (unpaired) electrons. The van der Waals surface area contributed by atoms with E-state index in [1.165, 1.54) is 0 Å². The van der Waals surface area contributed by atoms with Crippen LogP contribution < -0.4 is 0 Å². The third-order valence-electron chi connectivity index (χ3n) is 2.95. The van der Waals surface area contributed by atoms with Gasteiger partial charge in [-0.1, -0.05) is 6.07 Å². The van der Waals surface area contributed by atoms with Crippen molar-refractivity contribution in [2.45, 2.75) is 25.5 Å². The van der Waals surface area contributed by atoms with E-state index in [0.717, 1.165) is 38.0 Å². The normalized spacial score (nSPS) is 18.2. The molecule has 0 bridgehead atoms. The summed E-state index contributed by atoms with van der Waals surface area (Å²) in [4.78, 5) is 6.29. The van der Waals surface area contributed by atoms with Crippen LogP contribution in [0, 0.1) is 11.3 Å². The zero-order chi connectivity index (χ0) is 11.4. The first-order valence-corrected chi connectivity index (χ1v) is 5.54. The van der Waals surface area contributed by atoms with Gasteiger partial charge in [0.1, 0.15) is 11.8 Å². The van der Waals surface area contributed by atoms with Crippen LogP contribution in [0.1, 0.15) is 24.1 Å². The van der Waals surface area contributed by atoms with Gasteiger partial charge in [0.05, 0.1) is 6.10 Å². The molecule has 4 heteroatoms. The van der Waals surface area contributed by atoms with Crippen molar-refractivity contribution in [2.75, 3.05) is 13.1 Å². The number of aliphatic hydroxyl groups excluding tert-OH is 1. The Morgan fingerprint density at radius 2 is 2.25 bits per heavy atom. The van der Waals surface area contributed by atoms with E-state index in [4.69, 9.17) is 5.26 Å². The molecule has 0 aromatic carbocycles. The maximum absolute atomic E-state index is 9.40. The Morgan fingerprint density at radius 3 is 2.94 bits per heavy atom. The number of nitriles is 1. The van der Waals surface area contributed by atoms with Gasteiger partial charge in [-0.2, -0.15) is 5.26 Å². The molecule has 2 heterocycles. The maximum atomic E-state index is 9.40. The molecule has 1 aliphatic rings. The first-order valence-electron chi connectivity index (χ1n) is 5.54.